The topological polar surface area (TPSA) is 91.4 Å². The maximum atomic E-state index is 13.1. The first-order valence-corrected chi connectivity index (χ1v) is 12.7. The van der Waals surface area contributed by atoms with E-state index in [1.54, 1.807) is 49.4 Å². The highest BCUT2D eigenvalue weighted by Crippen LogP contribution is 2.34. The lowest BCUT2D eigenvalue weighted by Gasteiger charge is -2.18. The van der Waals surface area contributed by atoms with E-state index >= 15 is 0 Å². The van der Waals surface area contributed by atoms with Crippen molar-refractivity contribution in [1.29, 1.82) is 0 Å². The summed E-state index contributed by atoms with van der Waals surface area (Å²) in [7, 11) is 0. The van der Waals surface area contributed by atoms with Gasteiger partial charge in [-0.2, -0.15) is 0 Å². The highest BCUT2D eigenvalue weighted by atomic mass is 35.5. The molecule has 0 saturated heterocycles. The van der Waals surface area contributed by atoms with E-state index in [9.17, 15) is 14.4 Å². The average molecular weight is 549 g/mol. The number of carbonyl (C=O) groups excluding carboxylic acids is 3. The minimum Gasteiger partial charge on any atom is -0.350 e. The quantitative estimate of drug-likeness (QED) is 0.270. The Morgan fingerprint density at radius 1 is 0.919 bits per heavy atom. The number of anilines is 3. The molecule has 3 amide bonds. The Kier molecular flexibility index (Phi) is 6.80. The van der Waals surface area contributed by atoms with Crippen LogP contribution < -0.4 is 15.5 Å². The van der Waals surface area contributed by atoms with Gasteiger partial charge >= 0.3 is 0 Å². The van der Waals surface area contributed by atoms with Crippen LogP contribution in [0.25, 0.3) is 11.3 Å². The third-order valence-electron chi connectivity index (χ3n) is 5.72. The lowest BCUT2D eigenvalue weighted by molar-refractivity contribution is -0.120. The first-order chi connectivity index (χ1) is 17.8. The number of imide groups is 1. The summed E-state index contributed by atoms with van der Waals surface area (Å²) in [5.41, 5.74) is 3.52. The van der Waals surface area contributed by atoms with E-state index in [0.29, 0.717) is 32.7 Å². The van der Waals surface area contributed by atoms with Crippen LogP contribution in [0, 0.1) is 6.92 Å². The molecule has 10 heteroatoms. The Morgan fingerprint density at radius 3 is 2.38 bits per heavy atom. The summed E-state index contributed by atoms with van der Waals surface area (Å²) in [5, 5.41) is 8.26. The van der Waals surface area contributed by atoms with Gasteiger partial charge in [0.25, 0.3) is 17.7 Å². The van der Waals surface area contributed by atoms with Crippen LogP contribution in [-0.2, 0) is 9.59 Å². The fraction of sp³-hybridized carbons (Fsp3) is 0.0370. The van der Waals surface area contributed by atoms with Crippen LogP contribution in [0.4, 0.5) is 16.5 Å². The molecule has 2 heterocycles. The molecule has 5 rings (SSSR count). The van der Waals surface area contributed by atoms with E-state index in [0.717, 1.165) is 16.2 Å². The number of aromatic nitrogens is 1. The zero-order chi connectivity index (χ0) is 26.1. The van der Waals surface area contributed by atoms with Crippen LogP contribution in [0.5, 0.6) is 0 Å². The average Bonchev–Trinajstić information content (AvgIpc) is 3.45. The van der Waals surface area contributed by atoms with Crippen molar-refractivity contribution in [2.75, 3.05) is 15.5 Å². The Morgan fingerprint density at radius 2 is 1.65 bits per heavy atom. The molecule has 0 aliphatic carbocycles. The van der Waals surface area contributed by atoms with Crippen LogP contribution in [-0.4, -0.2) is 22.7 Å². The third kappa shape index (κ3) is 4.86. The number of rotatable bonds is 6. The minimum atomic E-state index is -0.645. The maximum absolute atomic E-state index is 13.1. The van der Waals surface area contributed by atoms with Gasteiger partial charge in [-0.1, -0.05) is 59.6 Å². The van der Waals surface area contributed by atoms with E-state index in [1.807, 2.05) is 35.7 Å². The van der Waals surface area contributed by atoms with Crippen molar-refractivity contribution >= 4 is 68.8 Å². The standard InChI is InChI=1S/C27H18Cl2N4O3S/c1-15-19(28)8-5-9-21(15)33-25(35)22(29)23(26(33)36)30-18-12-10-17(11-13-18)24(34)32-27-31-20(14-37-27)16-6-3-2-4-7-16/h2-14,30H,1H3,(H,31,32,34). The Hall–Kier alpha value is -3.98. The van der Waals surface area contributed by atoms with Gasteiger partial charge in [0.1, 0.15) is 10.7 Å². The van der Waals surface area contributed by atoms with Crippen molar-refractivity contribution in [2.24, 2.45) is 0 Å². The fourth-order valence-corrected chi connectivity index (χ4v) is 4.86. The van der Waals surface area contributed by atoms with Crippen LogP contribution in [0.2, 0.25) is 5.02 Å². The Bertz CT molecular complexity index is 1570. The number of thiazole rings is 1. The highest BCUT2D eigenvalue weighted by Gasteiger charge is 2.39. The molecular weight excluding hydrogens is 531 g/mol. The van der Waals surface area contributed by atoms with Gasteiger partial charge in [0.05, 0.1) is 11.4 Å². The van der Waals surface area contributed by atoms with Crippen molar-refractivity contribution in [3.05, 3.63) is 105 Å². The first-order valence-electron chi connectivity index (χ1n) is 11.1. The highest BCUT2D eigenvalue weighted by molar-refractivity contribution is 7.14. The second-order valence-corrected chi connectivity index (χ2v) is 9.72. The summed E-state index contributed by atoms with van der Waals surface area (Å²) in [6.45, 7) is 1.72. The predicted octanol–water partition coefficient (Wildman–Crippen LogP) is 6.46. The van der Waals surface area contributed by atoms with Gasteiger partial charge in [-0.3, -0.25) is 19.7 Å². The summed E-state index contributed by atoms with van der Waals surface area (Å²) >= 11 is 13.7. The molecule has 1 aliphatic rings. The monoisotopic (exact) mass is 548 g/mol. The minimum absolute atomic E-state index is 0.0560. The molecule has 184 valence electrons. The molecule has 0 radical (unpaired) electrons. The van der Waals surface area contributed by atoms with Gasteiger partial charge in [0, 0.05) is 27.2 Å². The van der Waals surface area contributed by atoms with Crippen LogP contribution >= 0.6 is 34.5 Å². The number of hydrogen-bond donors (Lipinski definition) is 2. The maximum Gasteiger partial charge on any atom is 0.283 e. The molecule has 0 unspecified atom stereocenters. The van der Waals surface area contributed by atoms with Crippen LogP contribution in [0.3, 0.4) is 0 Å². The number of hydrogen-bond acceptors (Lipinski definition) is 6. The fourth-order valence-electron chi connectivity index (χ4n) is 3.76. The van der Waals surface area contributed by atoms with E-state index in [-0.39, 0.29) is 16.6 Å². The van der Waals surface area contributed by atoms with Gasteiger partial charge in [0.15, 0.2) is 5.13 Å². The number of amides is 3. The normalized spacial score (nSPS) is 13.3. The molecule has 1 aromatic heterocycles. The van der Waals surface area contributed by atoms with Crippen molar-refractivity contribution in [3.8, 4) is 11.3 Å². The number of halogens is 2. The lowest BCUT2D eigenvalue weighted by Crippen LogP contribution is -2.32. The Labute approximate surface area is 226 Å². The molecule has 0 saturated carbocycles. The second-order valence-electron chi connectivity index (χ2n) is 8.08. The number of nitrogens with one attached hydrogen (secondary N) is 2. The zero-order valence-corrected chi connectivity index (χ0v) is 21.6. The number of nitrogens with zero attached hydrogens (tertiary/aromatic N) is 2. The Balaban J connectivity index is 1.28. The van der Waals surface area contributed by atoms with Crippen molar-refractivity contribution in [3.63, 3.8) is 0 Å². The number of benzene rings is 3. The van der Waals surface area contributed by atoms with E-state index in [4.69, 9.17) is 23.2 Å². The van der Waals surface area contributed by atoms with E-state index in [1.165, 1.54) is 11.3 Å². The molecule has 37 heavy (non-hydrogen) atoms. The molecule has 7 nitrogen and oxygen atoms in total. The van der Waals surface area contributed by atoms with Crippen molar-refractivity contribution in [2.45, 2.75) is 6.92 Å². The lowest BCUT2D eigenvalue weighted by atomic mass is 10.2. The molecule has 4 aromatic rings. The van der Waals surface area contributed by atoms with Crippen LogP contribution in [0.1, 0.15) is 15.9 Å². The molecule has 0 fully saturated rings. The molecule has 0 bridgehead atoms. The van der Waals surface area contributed by atoms with Crippen LogP contribution in [0.15, 0.2) is 88.9 Å². The molecule has 0 spiro atoms. The van der Waals surface area contributed by atoms with Gasteiger partial charge in [-0.05, 0) is 48.9 Å². The summed E-state index contributed by atoms with van der Waals surface area (Å²) in [4.78, 5) is 44.0. The van der Waals surface area contributed by atoms with Gasteiger partial charge in [-0.15, -0.1) is 11.3 Å². The second kappa shape index (κ2) is 10.2. The van der Waals surface area contributed by atoms with Gasteiger partial charge < -0.3 is 5.32 Å². The molecule has 3 aromatic carbocycles. The number of carbonyl (C=O) groups is 3. The van der Waals surface area contributed by atoms with Crippen molar-refractivity contribution in [1.82, 2.24) is 4.98 Å². The molecule has 1 aliphatic heterocycles. The zero-order valence-electron chi connectivity index (χ0n) is 19.3. The van der Waals surface area contributed by atoms with E-state index < -0.39 is 11.8 Å². The molecular formula is C27H18Cl2N4O3S. The summed E-state index contributed by atoms with van der Waals surface area (Å²) < 4.78 is 0. The SMILES string of the molecule is Cc1c(Cl)cccc1N1C(=O)C(Cl)=C(Nc2ccc(C(=O)Nc3nc(-c4ccccc4)cs3)cc2)C1=O. The van der Waals surface area contributed by atoms with Crippen molar-refractivity contribution < 1.29 is 14.4 Å². The smallest absolute Gasteiger partial charge is 0.283 e. The molecule has 0 atom stereocenters. The summed E-state index contributed by atoms with van der Waals surface area (Å²) in [6, 6.07) is 21.1. The largest absolute Gasteiger partial charge is 0.350 e. The predicted molar refractivity (Wildman–Crippen MR) is 147 cm³/mol. The van der Waals surface area contributed by atoms with E-state index in [2.05, 4.69) is 15.6 Å². The van der Waals surface area contributed by atoms with Gasteiger partial charge in [-0.25, -0.2) is 9.88 Å². The summed E-state index contributed by atoms with van der Waals surface area (Å²) in [6.07, 6.45) is 0. The molecule has 2 N–H and O–H groups in total. The van der Waals surface area contributed by atoms with Gasteiger partial charge in [0.2, 0.25) is 0 Å². The summed E-state index contributed by atoms with van der Waals surface area (Å²) in [5.74, 6) is -1.57. The first kappa shape index (κ1) is 24.7. The third-order valence-corrected chi connectivity index (χ3v) is 7.24.